The highest BCUT2D eigenvalue weighted by Crippen LogP contribution is 2.44. The van der Waals surface area contributed by atoms with Gasteiger partial charge in [-0.25, -0.2) is 0 Å². The van der Waals surface area contributed by atoms with Crippen molar-refractivity contribution >= 4 is 21.5 Å². The molecule has 0 aliphatic carbocycles. The van der Waals surface area contributed by atoms with Crippen molar-refractivity contribution in [3.63, 3.8) is 0 Å². The fourth-order valence-corrected chi connectivity index (χ4v) is 4.40. The average molecular weight is 373 g/mol. The van der Waals surface area contributed by atoms with E-state index in [1.54, 1.807) is 0 Å². The molecule has 5 aromatic rings. The second-order valence-electron chi connectivity index (χ2n) is 8.08. The molecule has 0 unspecified atom stereocenters. The van der Waals surface area contributed by atoms with Gasteiger partial charge in [-0.05, 0) is 64.6 Å². The number of fused-ring (bicyclic) bond motifs is 2. The van der Waals surface area contributed by atoms with Crippen molar-refractivity contribution in [1.82, 2.24) is 0 Å². The van der Waals surface area contributed by atoms with Gasteiger partial charge in [0.1, 0.15) is 0 Å². The van der Waals surface area contributed by atoms with E-state index in [0.29, 0.717) is 0 Å². The minimum Gasteiger partial charge on any atom is -0.0622 e. The molecule has 0 nitrogen and oxygen atoms in total. The van der Waals surface area contributed by atoms with Gasteiger partial charge in [-0.15, -0.1) is 0 Å². The first-order valence-electron chi connectivity index (χ1n) is 10.2. The van der Waals surface area contributed by atoms with Crippen LogP contribution in [0, 0.1) is 20.8 Å². The smallest absolute Gasteiger partial charge is 0.00263 e. The van der Waals surface area contributed by atoms with Crippen LogP contribution in [0.2, 0.25) is 0 Å². The number of benzene rings is 5. The summed E-state index contributed by atoms with van der Waals surface area (Å²) in [5.41, 5.74) is 9.07. The van der Waals surface area contributed by atoms with Crippen molar-refractivity contribution in [3.05, 3.63) is 108 Å². The molecule has 0 aliphatic heterocycles. The summed E-state index contributed by atoms with van der Waals surface area (Å²) in [6.07, 6.45) is 0. The Morgan fingerprint density at radius 1 is 0.379 bits per heavy atom. The van der Waals surface area contributed by atoms with Crippen molar-refractivity contribution in [2.45, 2.75) is 20.8 Å². The summed E-state index contributed by atoms with van der Waals surface area (Å²) >= 11 is 0. The molecule has 0 fully saturated rings. The first-order valence-corrected chi connectivity index (χ1v) is 10.2. The molecule has 0 atom stereocenters. The van der Waals surface area contributed by atoms with Crippen molar-refractivity contribution in [2.75, 3.05) is 0 Å². The summed E-state index contributed by atoms with van der Waals surface area (Å²) in [5, 5.41) is 5.28. The quantitative estimate of drug-likeness (QED) is 0.274. The molecule has 140 valence electrons. The van der Waals surface area contributed by atoms with Gasteiger partial charge in [0.2, 0.25) is 0 Å². The van der Waals surface area contributed by atoms with Gasteiger partial charge in [0, 0.05) is 0 Å². The van der Waals surface area contributed by atoms with Gasteiger partial charge in [0.25, 0.3) is 0 Å². The SMILES string of the molecule is Cc1ccc(-c2c3ccc(C)cc3c(-c3ccccc3)c3ccc(C)cc23)cc1. The van der Waals surface area contributed by atoms with Crippen LogP contribution < -0.4 is 0 Å². The third kappa shape index (κ3) is 3.02. The van der Waals surface area contributed by atoms with Crippen LogP contribution in [0.25, 0.3) is 43.8 Å². The van der Waals surface area contributed by atoms with E-state index in [0.717, 1.165) is 0 Å². The second-order valence-corrected chi connectivity index (χ2v) is 8.08. The Labute approximate surface area is 172 Å². The van der Waals surface area contributed by atoms with E-state index in [-0.39, 0.29) is 0 Å². The van der Waals surface area contributed by atoms with E-state index in [1.807, 2.05) is 0 Å². The van der Waals surface area contributed by atoms with Gasteiger partial charge in [-0.2, -0.15) is 0 Å². The van der Waals surface area contributed by atoms with E-state index in [4.69, 9.17) is 0 Å². The van der Waals surface area contributed by atoms with E-state index in [2.05, 4.69) is 112 Å². The summed E-state index contributed by atoms with van der Waals surface area (Å²) in [5.74, 6) is 0. The lowest BCUT2D eigenvalue weighted by atomic mass is 9.85. The minimum atomic E-state index is 1.27. The van der Waals surface area contributed by atoms with E-state index in [9.17, 15) is 0 Å². The molecule has 0 heteroatoms. The molecular formula is C29H24. The molecule has 0 amide bonds. The highest BCUT2D eigenvalue weighted by atomic mass is 14.2. The summed E-state index contributed by atoms with van der Waals surface area (Å²) in [7, 11) is 0. The van der Waals surface area contributed by atoms with Crippen molar-refractivity contribution in [3.8, 4) is 22.3 Å². The lowest BCUT2D eigenvalue weighted by molar-refractivity contribution is 1.47. The molecule has 0 N–H and O–H groups in total. The fourth-order valence-electron chi connectivity index (χ4n) is 4.40. The Hall–Kier alpha value is -3.38. The highest BCUT2D eigenvalue weighted by molar-refractivity contribution is 6.21. The predicted octanol–water partition coefficient (Wildman–Crippen LogP) is 8.25. The molecule has 0 spiro atoms. The number of aryl methyl sites for hydroxylation is 3. The van der Waals surface area contributed by atoms with Crippen LogP contribution in [0.1, 0.15) is 16.7 Å². The third-order valence-electron chi connectivity index (χ3n) is 5.83. The first kappa shape index (κ1) is 17.7. The molecule has 0 saturated heterocycles. The van der Waals surface area contributed by atoms with Crippen LogP contribution >= 0.6 is 0 Å². The van der Waals surface area contributed by atoms with E-state index >= 15 is 0 Å². The molecule has 0 aromatic heterocycles. The third-order valence-corrected chi connectivity index (χ3v) is 5.83. The summed E-state index contributed by atoms with van der Waals surface area (Å²) in [4.78, 5) is 0. The lowest BCUT2D eigenvalue weighted by Crippen LogP contribution is -1.92. The van der Waals surface area contributed by atoms with Crippen LogP contribution in [0.5, 0.6) is 0 Å². The summed E-state index contributed by atoms with van der Waals surface area (Å²) in [6.45, 7) is 6.50. The zero-order valence-electron chi connectivity index (χ0n) is 17.2. The van der Waals surface area contributed by atoms with Crippen LogP contribution in [0.15, 0.2) is 91.0 Å². The number of hydrogen-bond acceptors (Lipinski definition) is 0. The zero-order chi connectivity index (χ0) is 20.0. The Balaban J connectivity index is 2.02. The van der Waals surface area contributed by atoms with Crippen LogP contribution in [0.3, 0.4) is 0 Å². The Kier molecular flexibility index (Phi) is 4.21. The fraction of sp³-hybridized carbons (Fsp3) is 0.103. The molecule has 0 saturated carbocycles. The van der Waals surface area contributed by atoms with Crippen LogP contribution in [-0.2, 0) is 0 Å². The van der Waals surface area contributed by atoms with Crippen molar-refractivity contribution in [2.24, 2.45) is 0 Å². The normalized spacial score (nSPS) is 11.3. The molecule has 5 aromatic carbocycles. The van der Waals surface area contributed by atoms with Gasteiger partial charge in [0.05, 0.1) is 0 Å². The molecule has 29 heavy (non-hydrogen) atoms. The number of hydrogen-bond donors (Lipinski definition) is 0. The van der Waals surface area contributed by atoms with Gasteiger partial charge in [0.15, 0.2) is 0 Å². The largest absolute Gasteiger partial charge is 0.0622 e. The first-order chi connectivity index (χ1) is 14.1. The Morgan fingerprint density at radius 2 is 0.828 bits per heavy atom. The van der Waals surface area contributed by atoms with Crippen molar-refractivity contribution in [1.29, 1.82) is 0 Å². The molecule has 0 heterocycles. The Morgan fingerprint density at radius 3 is 1.34 bits per heavy atom. The minimum absolute atomic E-state index is 1.27. The van der Waals surface area contributed by atoms with Crippen LogP contribution in [-0.4, -0.2) is 0 Å². The standard InChI is InChI=1S/C29H24/c1-19-9-13-23(14-10-19)29-25-16-12-20(2)17-26(25)28(22-7-5-4-6-8-22)24-15-11-21(3)18-27(24)29/h4-18H,1-3H3. The topological polar surface area (TPSA) is 0 Å². The maximum absolute atomic E-state index is 2.34. The van der Waals surface area contributed by atoms with Gasteiger partial charge in [-0.1, -0.05) is 108 Å². The monoisotopic (exact) mass is 372 g/mol. The Bertz CT molecular complexity index is 1340. The van der Waals surface area contributed by atoms with Crippen LogP contribution in [0.4, 0.5) is 0 Å². The molecule has 0 radical (unpaired) electrons. The predicted molar refractivity (Wildman–Crippen MR) is 127 cm³/mol. The van der Waals surface area contributed by atoms with E-state index < -0.39 is 0 Å². The summed E-state index contributed by atoms with van der Waals surface area (Å²) < 4.78 is 0. The van der Waals surface area contributed by atoms with Crippen molar-refractivity contribution < 1.29 is 0 Å². The summed E-state index contributed by atoms with van der Waals surface area (Å²) in [6, 6.07) is 33.5. The van der Waals surface area contributed by atoms with Gasteiger partial charge in [-0.3, -0.25) is 0 Å². The lowest BCUT2D eigenvalue weighted by Gasteiger charge is -2.19. The highest BCUT2D eigenvalue weighted by Gasteiger charge is 2.16. The van der Waals surface area contributed by atoms with E-state index in [1.165, 1.54) is 60.5 Å². The zero-order valence-corrected chi connectivity index (χ0v) is 17.2. The molecule has 0 aliphatic rings. The maximum atomic E-state index is 2.34. The molecule has 5 rings (SSSR count). The van der Waals surface area contributed by atoms with Gasteiger partial charge < -0.3 is 0 Å². The maximum Gasteiger partial charge on any atom is -0.00263 e. The average Bonchev–Trinajstić information content (AvgIpc) is 2.73. The van der Waals surface area contributed by atoms with Gasteiger partial charge >= 0.3 is 0 Å². The second kappa shape index (κ2) is 6.90. The molecular weight excluding hydrogens is 348 g/mol. The molecule has 0 bridgehead atoms. The number of rotatable bonds is 2.